The number of methoxy groups -OCH3 is 1. The van der Waals surface area contributed by atoms with Gasteiger partial charge in [0.2, 0.25) is 5.91 Å². The van der Waals surface area contributed by atoms with Crippen molar-refractivity contribution in [3.63, 3.8) is 0 Å². The summed E-state index contributed by atoms with van der Waals surface area (Å²) in [7, 11) is 1.30. The highest BCUT2D eigenvalue weighted by Crippen LogP contribution is 2.19. The fraction of sp³-hybridized carbons (Fsp3) is 0.471. The Morgan fingerprint density at radius 3 is 2.68 bits per heavy atom. The van der Waals surface area contributed by atoms with E-state index in [9.17, 15) is 9.59 Å². The molecular formula is C17H24ClN3O3S. The van der Waals surface area contributed by atoms with E-state index >= 15 is 0 Å². The number of thiocarbonyl (C=S) groups is 1. The maximum atomic E-state index is 12.0. The topological polar surface area (TPSA) is 79.5 Å². The van der Waals surface area contributed by atoms with Crippen molar-refractivity contribution in [3.05, 3.63) is 28.8 Å². The van der Waals surface area contributed by atoms with Crippen LogP contribution in [0.25, 0.3) is 0 Å². The normalized spacial score (nSPS) is 11.4. The standard InChI is InChI=1S/C17H24ClN3O3S/c1-4-5-6-14(16(23)24-3)20-15(22)10-19-17(25)21-13-8-7-12(18)9-11(13)2/h7-9,14H,4-6,10H2,1-3H3,(H,20,22)(H2,19,21,25). The molecule has 0 saturated carbocycles. The van der Waals surface area contributed by atoms with E-state index in [1.165, 1.54) is 7.11 Å². The number of aryl methyl sites for hydroxylation is 1. The molecule has 1 aromatic carbocycles. The minimum Gasteiger partial charge on any atom is -0.467 e. The van der Waals surface area contributed by atoms with Gasteiger partial charge in [-0.15, -0.1) is 0 Å². The van der Waals surface area contributed by atoms with Gasteiger partial charge in [0, 0.05) is 10.7 Å². The summed E-state index contributed by atoms with van der Waals surface area (Å²) in [5.74, 6) is -0.775. The molecule has 8 heteroatoms. The lowest BCUT2D eigenvalue weighted by Gasteiger charge is -2.17. The first-order valence-electron chi connectivity index (χ1n) is 8.05. The minimum absolute atomic E-state index is 0.0436. The van der Waals surface area contributed by atoms with Gasteiger partial charge in [-0.25, -0.2) is 4.79 Å². The highest BCUT2D eigenvalue weighted by molar-refractivity contribution is 7.80. The monoisotopic (exact) mass is 385 g/mol. The second-order valence-electron chi connectivity index (χ2n) is 5.55. The number of hydrogen-bond acceptors (Lipinski definition) is 4. The summed E-state index contributed by atoms with van der Waals surface area (Å²) in [5, 5.41) is 9.43. The number of amides is 1. The zero-order valence-electron chi connectivity index (χ0n) is 14.6. The van der Waals surface area contributed by atoms with Crippen LogP contribution >= 0.6 is 23.8 Å². The fourth-order valence-electron chi connectivity index (χ4n) is 2.14. The number of benzene rings is 1. The molecule has 0 saturated heterocycles. The molecular weight excluding hydrogens is 362 g/mol. The number of carbonyl (C=O) groups is 2. The van der Waals surface area contributed by atoms with Crippen LogP contribution in [0.2, 0.25) is 5.02 Å². The van der Waals surface area contributed by atoms with Gasteiger partial charge in [-0.3, -0.25) is 4.79 Å². The van der Waals surface area contributed by atoms with Crippen LogP contribution in [0.3, 0.4) is 0 Å². The summed E-state index contributed by atoms with van der Waals surface area (Å²) < 4.78 is 4.71. The summed E-state index contributed by atoms with van der Waals surface area (Å²) in [4.78, 5) is 23.7. The molecule has 0 heterocycles. The number of anilines is 1. The molecule has 0 fully saturated rings. The number of hydrogen-bond donors (Lipinski definition) is 3. The van der Waals surface area contributed by atoms with Crippen LogP contribution in [0, 0.1) is 6.92 Å². The van der Waals surface area contributed by atoms with E-state index in [1.54, 1.807) is 6.07 Å². The molecule has 0 aliphatic rings. The Bertz CT molecular complexity index is 625. The van der Waals surface area contributed by atoms with Gasteiger partial charge in [-0.2, -0.15) is 0 Å². The maximum absolute atomic E-state index is 12.0. The second kappa shape index (κ2) is 10.9. The third-order valence-electron chi connectivity index (χ3n) is 3.51. The smallest absolute Gasteiger partial charge is 0.328 e. The van der Waals surface area contributed by atoms with Crippen LogP contribution in [0.4, 0.5) is 5.69 Å². The summed E-state index contributed by atoms with van der Waals surface area (Å²) in [6.07, 6.45) is 2.29. The van der Waals surface area contributed by atoms with E-state index in [0.717, 1.165) is 24.1 Å². The van der Waals surface area contributed by atoms with Gasteiger partial charge in [0.25, 0.3) is 0 Å². The molecule has 0 aromatic heterocycles. The first kappa shape index (κ1) is 21.2. The van der Waals surface area contributed by atoms with E-state index in [2.05, 4.69) is 16.0 Å². The SMILES string of the molecule is CCCCC(NC(=O)CNC(=S)Nc1ccc(Cl)cc1C)C(=O)OC. The quantitative estimate of drug-likeness (QED) is 0.471. The Kier molecular flexibility index (Phi) is 9.23. The van der Waals surface area contributed by atoms with Crippen molar-refractivity contribution in [1.82, 2.24) is 10.6 Å². The van der Waals surface area contributed by atoms with Gasteiger partial charge in [-0.1, -0.05) is 31.4 Å². The van der Waals surface area contributed by atoms with Crippen molar-refractivity contribution in [3.8, 4) is 0 Å². The van der Waals surface area contributed by atoms with E-state index < -0.39 is 12.0 Å². The van der Waals surface area contributed by atoms with E-state index in [0.29, 0.717) is 16.6 Å². The lowest BCUT2D eigenvalue weighted by molar-refractivity contribution is -0.145. The van der Waals surface area contributed by atoms with Crippen LogP contribution in [0.5, 0.6) is 0 Å². The Morgan fingerprint density at radius 1 is 1.36 bits per heavy atom. The van der Waals surface area contributed by atoms with Gasteiger partial charge in [0.15, 0.2) is 5.11 Å². The summed E-state index contributed by atoms with van der Waals surface area (Å²) in [6.45, 7) is 3.87. The molecule has 0 bridgehead atoms. The van der Waals surface area contributed by atoms with E-state index in [1.807, 2.05) is 26.0 Å². The van der Waals surface area contributed by atoms with Gasteiger partial charge < -0.3 is 20.7 Å². The molecule has 138 valence electrons. The molecule has 0 aliphatic carbocycles. The average molecular weight is 386 g/mol. The van der Waals surface area contributed by atoms with E-state index in [-0.39, 0.29) is 12.5 Å². The van der Waals surface area contributed by atoms with Crippen molar-refractivity contribution in [2.24, 2.45) is 0 Å². The fourth-order valence-corrected chi connectivity index (χ4v) is 2.55. The largest absolute Gasteiger partial charge is 0.467 e. The third-order valence-corrected chi connectivity index (χ3v) is 3.99. The van der Waals surface area contributed by atoms with Crippen molar-refractivity contribution >= 4 is 46.5 Å². The van der Waals surface area contributed by atoms with Crippen LogP contribution in [-0.2, 0) is 14.3 Å². The number of esters is 1. The highest BCUT2D eigenvalue weighted by Gasteiger charge is 2.20. The molecule has 3 N–H and O–H groups in total. The molecule has 25 heavy (non-hydrogen) atoms. The molecule has 1 amide bonds. The van der Waals surface area contributed by atoms with Gasteiger partial charge in [0.05, 0.1) is 13.7 Å². The summed E-state index contributed by atoms with van der Waals surface area (Å²) in [6, 6.07) is 4.73. The average Bonchev–Trinajstić information content (AvgIpc) is 2.58. The van der Waals surface area contributed by atoms with Crippen molar-refractivity contribution in [2.45, 2.75) is 39.2 Å². The Labute approximate surface area is 158 Å². The number of unbranched alkanes of at least 4 members (excludes halogenated alkanes) is 1. The minimum atomic E-state index is -0.640. The van der Waals surface area contributed by atoms with Crippen LogP contribution in [0.15, 0.2) is 18.2 Å². The number of ether oxygens (including phenoxy) is 1. The van der Waals surface area contributed by atoms with Gasteiger partial charge in [-0.05, 0) is 49.3 Å². The van der Waals surface area contributed by atoms with Crippen molar-refractivity contribution in [1.29, 1.82) is 0 Å². The number of carbonyl (C=O) groups excluding carboxylic acids is 2. The van der Waals surface area contributed by atoms with Crippen LogP contribution in [0.1, 0.15) is 31.7 Å². The third kappa shape index (κ3) is 7.70. The zero-order chi connectivity index (χ0) is 18.8. The molecule has 1 aromatic rings. The maximum Gasteiger partial charge on any atom is 0.328 e. The predicted octanol–water partition coefficient (Wildman–Crippen LogP) is 2.78. The first-order chi connectivity index (χ1) is 11.9. The number of rotatable bonds is 8. The molecule has 6 nitrogen and oxygen atoms in total. The highest BCUT2D eigenvalue weighted by atomic mass is 35.5. The van der Waals surface area contributed by atoms with Gasteiger partial charge >= 0.3 is 5.97 Å². The molecule has 0 radical (unpaired) electrons. The molecule has 0 spiro atoms. The lowest BCUT2D eigenvalue weighted by Crippen LogP contribution is -2.46. The zero-order valence-corrected chi connectivity index (χ0v) is 16.2. The van der Waals surface area contributed by atoms with Gasteiger partial charge in [0.1, 0.15) is 6.04 Å². The molecule has 1 atom stereocenters. The van der Waals surface area contributed by atoms with E-state index in [4.69, 9.17) is 28.6 Å². The Hall–Kier alpha value is -1.86. The van der Waals surface area contributed by atoms with Crippen molar-refractivity contribution < 1.29 is 14.3 Å². The van der Waals surface area contributed by atoms with Crippen LogP contribution < -0.4 is 16.0 Å². The van der Waals surface area contributed by atoms with Crippen molar-refractivity contribution in [2.75, 3.05) is 19.0 Å². The predicted molar refractivity (Wildman–Crippen MR) is 104 cm³/mol. The number of nitrogens with one attached hydrogen (secondary N) is 3. The van der Waals surface area contributed by atoms with Crippen LogP contribution in [-0.4, -0.2) is 36.7 Å². The molecule has 1 unspecified atom stereocenters. The Morgan fingerprint density at radius 2 is 2.08 bits per heavy atom. The molecule has 0 aliphatic heterocycles. The summed E-state index contributed by atoms with van der Waals surface area (Å²) >= 11 is 11.1. The second-order valence-corrected chi connectivity index (χ2v) is 6.40. The number of halogens is 1. The summed E-state index contributed by atoms with van der Waals surface area (Å²) in [5.41, 5.74) is 1.74. The Balaban J connectivity index is 2.48. The lowest BCUT2D eigenvalue weighted by atomic mass is 10.1. The molecule has 1 rings (SSSR count). The first-order valence-corrected chi connectivity index (χ1v) is 8.84.